The number of nitrogens with one attached hydrogen (secondary N) is 6. The predicted molar refractivity (Wildman–Crippen MR) is 504 cm³/mol. The van der Waals surface area contributed by atoms with Gasteiger partial charge in [-0.2, -0.15) is 23.5 Å². The Morgan fingerprint density at radius 2 is 0.720 bits per heavy atom. The molecule has 3 aliphatic heterocycles. The highest BCUT2D eigenvalue weighted by Crippen LogP contribution is 2.30. The molecule has 0 radical (unpaired) electrons. The van der Waals surface area contributed by atoms with Crippen LogP contribution in [0.25, 0.3) is 0 Å². The fraction of sp³-hybridized carbons (Fsp3) is 0.782. The Hall–Kier alpha value is -4.49. The maximum atomic E-state index is 12.1. The Balaban J connectivity index is 0.000000625. The van der Waals surface area contributed by atoms with E-state index < -0.39 is 54.9 Å². The first-order chi connectivity index (χ1) is 64.2. The van der Waals surface area contributed by atoms with E-state index in [1.165, 1.54) is 0 Å². The summed E-state index contributed by atoms with van der Waals surface area (Å²) < 4.78 is 78.7. The molecule has 12 atom stereocenters. The molecule has 12 unspecified atom stereocenters. The smallest absolute Gasteiger partial charge is 0.306 e. The van der Waals surface area contributed by atoms with E-state index in [0.29, 0.717) is 135 Å². The minimum absolute atomic E-state index is 0.00912. The average Bonchev–Trinajstić information content (AvgIpc) is 1.81. The number of hydrogen-bond donors (Lipinski definition) is 15. The van der Waals surface area contributed by atoms with Crippen molar-refractivity contribution >= 4 is 108 Å². The highest BCUT2D eigenvalue weighted by Gasteiger charge is 2.27. The second kappa shape index (κ2) is 85.7. The normalized spacial score (nSPS) is 16.2. The summed E-state index contributed by atoms with van der Waals surface area (Å²) in [7, 11) is 6.47. The molecule has 15 N–H and O–H groups in total. The SMILES string of the molecule is C=CCCC(=O)OCCC(O)COCC(O)COC(CO)COCC1CO1.O=C(CCSCCCCC(=O)OCCC(O)COCC(O)COC(CO)COCC1CO1)NCCNCCNCCNC(=O)CCSCCCCC(=O)OCCC(O)COCC(O)COC(CO)COCC1CO1.O=C(CCSSc1ccccn1)NCCCCCNC(=O)CCSSc1ccccn1. The largest absolute Gasteiger partial charge is 0.466 e. The number of rotatable bonds is 89. The summed E-state index contributed by atoms with van der Waals surface area (Å²) in [5, 5.41) is 108. The second-order valence-electron chi connectivity index (χ2n) is 30.5. The Morgan fingerprint density at radius 1 is 0.386 bits per heavy atom. The number of carbonyl (C=O) groups excluding carboxylic acids is 7. The van der Waals surface area contributed by atoms with Crippen molar-refractivity contribution in [1.29, 1.82) is 0 Å². The van der Waals surface area contributed by atoms with Crippen LogP contribution in [0.15, 0.2) is 71.5 Å². The van der Waals surface area contributed by atoms with Crippen LogP contribution in [0, 0.1) is 0 Å². The van der Waals surface area contributed by atoms with Crippen molar-refractivity contribution < 1.29 is 151 Å². The molecule has 760 valence electrons. The van der Waals surface area contributed by atoms with Gasteiger partial charge in [-0.1, -0.05) is 39.8 Å². The molecule has 45 heteroatoms. The molecule has 2 aromatic rings. The Bertz CT molecular complexity index is 3000. The first-order valence-corrected chi connectivity index (χ1v) is 52.4. The lowest BCUT2D eigenvalue weighted by Crippen LogP contribution is -2.37. The van der Waals surface area contributed by atoms with Crippen LogP contribution < -0.4 is 31.9 Å². The quantitative estimate of drug-likeness (QED) is 0.0113. The van der Waals surface area contributed by atoms with Gasteiger partial charge in [0.25, 0.3) is 0 Å². The van der Waals surface area contributed by atoms with Gasteiger partial charge in [0.15, 0.2) is 0 Å². The number of epoxide rings is 3. The molecule has 0 aromatic carbocycles. The molecule has 0 aliphatic carbocycles. The lowest BCUT2D eigenvalue weighted by Gasteiger charge is -2.19. The highest BCUT2D eigenvalue weighted by molar-refractivity contribution is 8.77. The van der Waals surface area contributed by atoms with Crippen molar-refractivity contribution in [2.45, 2.75) is 199 Å². The van der Waals surface area contributed by atoms with E-state index in [9.17, 15) is 79.5 Å². The van der Waals surface area contributed by atoms with E-state index in [2.05, 4.69) is 48.4 Å². The number of ether oxygens (including phenoxy) is 15. The molecule has 3 fully saturated rings. The van der Waals surface area contributed by atoms with E-state index in [-0.39, 0.29) is 217 Å². The number of thioether (sulfide) groups is 2. The molecular weight excluding hydrogens is 1850 g/mol. The Labute approximate surface area is 801 Å². The van der Waals surface area contributed by atoms with Gasteiger partial charge in [-0.15, -0.1) is 6.58 Å². The van der Waals surface area contributed by atoms with E-state index in [1.54, 1.807) is 85.2 Å². The van der Waals surface area contributed by atoms with E-state index in [1.807, 2.05) is 36.4 Å². The number of amides is 4. The lowest BCUT2D eigenvalue weighted by atomic mass is 10.2. The molecule has 4 amide bonds. The fourth-order valence-electron chi connectivity index (χ4n) is 10.5. The molecule has 3 saturated heterocycles. The Kier molecular flexibility index (Phi) is 79.0. The first kappa shape index (κ1) is 122. The number of aliphatic hydroxyl groups is 9. The molecule has 5 rings (SSSR count). The van der Waals surface area contributed by atoms with Crippen molar-refractivity contribution in [2.24, 2.45) is 0 Å². The fourth-order valence-corrected chi connectivity index (χ4v) is 16.1. The third kappa shape index (κ3) is 79.4. The number of allylic oxidation sites excluding steroid dienone is 1. The summed E-state index contributed by atoms with van der Waals surface area (Å²) >= 11 is 3.32. The number of pyridine rings is 2. The van der Waals surface area contributed by atoms with E-state index in [4.69, 9.17) is 71.1 Å². The van der Waals surface area contributed by atoms with Gasteiger partial charge in [-0.3, -0.25) is 33.6 Å². The van der Waals surface area contributed by atoms with Crippen LogP contribution in [0.1, 0.15) is 116 Å². The zero-order valence-electron chi connectivity index (χ0n) is 76.3. The lowest BCUT2D eigenvalue weighted by molar-refractivity contribution is -0.145. The summed E-state index contributed by atoms with van der Waals surface area (Å²) in [4.78, 5) is 91.8. The van der Waals surface area contributed by atoms with Crippen LogP contribution >= 0.6 is 66.7 Å². The standard InChI is InChI=1S/C48H90N4O20S2.C21H28N4O2S4.C18H32O9/c53-23-41(31-65-33-43-35-71-43)69-29-39(57)27-63-25-37(55)7-17-67-47(61)5-1-3-19-73-21-9-45(59)51-15-13-49-11-12-50-14-16-52-46(60)10-22-74-20-4-2-6-48(62)68-18-8-38(56)26-64-28-40(58)30-70-42(24-54)32-66-34-44-36-72-44;26-18(10-16-28-30-20-8-2-6-14-24-20)22-12-4-1-5-13-23-19(27)11-17-29-31-21-9-3-7-15-25-21;1-2-3-4-18(22)25-6-5-14(20)8-23-9-15(21)10-26-16(7-19)11-24-12-17-13-27-17/h37-44,49-50,53-58H,1-36H2,(H,51,59)(H,52,60);2-3,6-9,14-15H,1,4-5,10-13,16-17H2,(H,22,26)(H,23,27);2,14-17,19-21H,1,3-13H2. The maximum absolute atomic E-state index is 12.1. The maximum Gasteiger partial charge on any atom is 0.306 e. The Morgan fingerprint density at radius 3 is 1.05 bits per heavy atom. The van der Waals surface area contributed by atoms with Crippen LogP contribution in [0.5, 0.6) is 0 Å². The monoisotopic (exact) mass is 1990 g/mol. The number of esters is 3. The van der Waals surface area contributed by atoms with Crippen LogP contribution in [0.4, 0.5) is 0 Å². The average molecular weight is 2000 g/mol. The van der Waals surface area contributed by atoms with Crippen LogP contribution in [-0.4, -0.2) is 416 Å². The van der Waals surface area contributed by atoms with E-state index >= 15 is 0 Å². The molecular formula is C87H150N8O31S6. The number of hydrogen-bond acceptors (Lipinski definition) is 41. The number of nitrogens with zero attached hydrogens (tertiary/aromatic N) is 2. The molecule has 3 aliphatic rings. The summed E-state index contributed by atoms with van der Waals surface area (Å²) in [6, 6.07) is 11.6. The summed E-state index contributed by atoms with van der Waals surface area (Å²) in [6.07, 6.45) is 8.24. The van der Waals surface area contributed by atoms with Gasteiger partial charge in [0, 0.05) is 152 Å². The van der Waals surface area contributed by atoms with E-state index in [0.717, 1.165) is 78.3 Å². The van der Waals surface area contributed by atoms with Gasteiger partial charge in [0.05, 0.1) is 177 Å². The van der Waals surface area contributed by atoms with Gasteiger partial charge in [0.1, 0.15) is 65.0 Å². The molecule has 2 aromatic heterocycles. The first-order valence-electron chi connectivity index (χ1n) is 45.4. The minimum Gasteiger partial charge on any atom is -0.466 e. The van der Waals surface area contributed by atoms with Gasteiger partial charge >= 0.3 is 17.9 Å². The summed E-state index contributed by atoms with van der Waals surface area (Å²) in [5.41, 5.74) is 0. The number of aromatic nitrogens is 2. The molecule has 0 bridgehead atoms. The van der Waals surface area contributed by atoms with Crippen molar-refractivity contribution in [3.05, 3.63) is 61.4 Å². The van der Waals surface area contributed by atoms with Crippen LogP contribution in [-0.2, 0) is 105 Å². The van der Waals surface area contributed by atoms with Gasteiger partial charge < -0.3 is 149 Å². The molecule has 0 saturated carbocycles. The molecule has 39 nitrogen and oxygen atoms in total. The van der Waals surface area contributed by atoms with Crippen molar-refractivity contribution in [1.82, 2.24) is 41.9 Å². The minimum atomic E-state index is -0.942. The van der Waals surface area contributed by atoms with Crippen molar-refractivity contribution in [2.75, 3.05) is 245 Å². The second-order valence-corrected chi connectivity index (χ2v) is 37.8. The molecule has 132 heavy (non-hydrogen) atoms. The van der Waals surface area contributed by atoms with Crippen molar-refractivity contribution in [3.63, 3.8) is 0 Å². The zero-order valence-corrected chi connectivity index (χ0v) is 81.2. The third-order valence-corrected chi connectivity index (χ3v) is 24.8. The van der Waals surface area contributed by atoms with Gasteiger partial charge in [-0.05, 0) is 109 Å². The number of carbonyl (C=O) groups is 7. The zero-order chi connectivity index (χ0) is 95.6. The van der Waals surface area contributed by atoms with Gasteiger partial charge in [0.2, 0.25) is 23.6 Å². The molecule has 0 spiro atoms. The predicted octanol–water partition coefficient (Wildman–Crippen LogP) is 2.17. The van der Waals surface area contributed by atoms with Gasteiger partial charge in [-0.25, -0.2) is 9.97 Å². The van der Waals surface area contributed by atoms with Crippen LogP contribution in [0.3, 0.4) is 0 Å². The van der Waals surface area contributed by atoms with Crippen molar-refractivity contribution in [3.8, 4) is 0 Å². The summed E-state index contributed by atoms with van der Waals surface area (Å²) in [5.74, 6) is 3.70. The topological polar surface area (TPSA) is 548 Å². The summed E-state index contributed by atoms with van der Waals surface area (Å²) in [6.45, 7) is 11.8. The highest BCUT2D eigenvalue weighted by atomic mass is 33.1. The molecule has 5 heterocycles. The number of unbranched alkanes of at least 4 members (excludes halogenated alkanes) is 4. The third-order valence-electron chi connectivity index (χ3n) is 18.2. The number of aliphatic hydroxyl groups excluding tert-OH is 9. The van der Waals surface area contributed by atoms with Crippen LogP contribution in [0.2, 0.25) is 0 Å².